The Balaban J connectivity index is 2.72. The molecule has 92 valence electrons. The van der Waals surface area contributed by atoms with E-state index in [1.807, 2.05) is 0 Å². The lowest BCUT2D eigenvalue weighted by Gasteiger charge is -2.05. The van der Waals surface area contributed by atoms with Crippen molar-refractivity contribution >= 4 is 23.4 Å². The molecule has 5 heteroatoms. The van der Waals surface area contributed by atoms with Crippen molar-refractivity contribution in [2.75, 3.05) is 14.2 Å². The second-order valence-corrected chi connectivity index (χ2v) is 3.76. The van der Waals surface area contributed by atoms with Gasteiger partial charge in [-0.2, -0.15) is 0 Å². The van der Waals surface area contributed by atoms with Gasteiger partial charge in [0.05, 0.1) is 25.7 Å². The van der Waals surface area contributed by atoms with Gasteiger partial charge in [0.2, 0.25) is 0 Å². The lowest BCUT2D eigenvalue weighted by atomic mass is 10.1. The molecule has 1 rings (SSSR count). The lowest BCUT2D eigenvalue weighted by Crippen LogP contribution is -2.06. The Labute approximate surface area is 104 Å². The van der Waals surface area contributed by atoms with E-state index in [0.717, 1.165) is 0 Å². The molecule has 17 heavy (non-hydrogen) atoms. The molecule has 0 N–H and O–H groups in total. The van der Waals surface area contributed by atoms with Crippen LogP contribution in [0.5, 0.6) is 5.75 Å². The first-order valence-corrected chi connectivity index (χ1v) is 5.40. The number of carbonyl (C=O) groups is 2. The third-order valence-electron chi connectivity index (χ3n) is 2.26. The molecule has 4 nitrogen and oxygen atoms in total. The van der Waals surface area contributed by atoms with Crippen LogP contribution in [0.1, 0.15) is 23.2 Å². The molecule has 0 unspecified atom stereocenters. The maximum Gasteiger partial charge on any atom is 0.305 e. The van der Waals surface area contributed by atoms with E-state index in [2.05, 4.69) is 4.74 Å². The third kappa shape index (κ3) is 3.75. The van der Waals surface area contributed by atoms with E-state index in [1.165, 1.54) is 14.2 Å². The van der Waals surface area contributed by atoms with Crippen LogP contribution in [0.4, 0.5) is 0 Å². The number of rotatable bonds is 5. The number of hydrogen-bond acceptors (Lipinski definition) is 4. The molecule has 0 amide bonds. The van der Waals surface area contributed by atoms with Crippen LogP contribution in [-0.4, -0.2) is 26.0 Å². The minimum absolute atomic E-state index is 0.0697. The van der Waals surface area contributed by atoms with Crippen LogP contribution in [0.2, 0.25) is 5.02 Å². The second kappa shape index (κ2) is 6.25. The lowest BCUT2D eigenvalue weighted by molar-refractivity contribution is -0.140. The van der Waals surface area contributed by atoms with Crippen LogP contribution in [0, 0.1) is 0 Å². The van der Waals surface area contributed by atoms with Crippen LogP contribution >= 0.6 is 11.6 Å². The zero-order valence-electron chi connectivity index (χ0n) is 9.66. The van der Waals surface area contributed by atoms with Gasteiger partial charge >= 0.3 is 5.97 Å². The average Bonchev–Trinajstić information content (AvgIpc) is 2.35. The van der Waals surface area contributed by atoms with Crippen LogP contribution in [0.3, 0.4) is 0 Å². The number of benzene rings is 1. The summed E-state index contributed by atoms with van der Waals surface area (Å²) in [4.78, 5) is 22.6. The van der Waals surface area contributed by atoms with Gasteiger partial charge in [-0.15, -0.1) is 0 Å². The van der Waals surface area contributed by atoms with E-state index in [4.69, 9.17) is 16.3 Å². The van der Waals surface area contributed by atoms with Crippen LogP contribution < -0.4 is 4.74 Å². The molecule has 1 aromatic carbocycles. The minimum Gasteiger partial charge on any atom is -0.495 e. The molecule has 1 aromatic rings. The van der Waals surface area contributed by atoms with Crippen LogP contribution in [-0.2, 0) is 9.53 Å². The first-order valence-electron chi connectivity index (χ1n) is 5.02. The molecule has 0 heterocycles. The summed E-state index contributed by atoms with van der Waals surface area (Å²) in [5, 5.41) is 0.442. The van der Waals surface area contributed by atoms with E-state index >= 15 is 0 Å². The molecule has 0 radical (unpaired) electrons. The Morgan fingerprint density at radius 1 is 1.24 bits per heavy atom. The zero-order valence-corrected chi connectivity index (χ0v) is 10.4. The first-order chi connectivity index (χ1) is 8.08. The van der Waals surface area contributed by atoms with Gasteiger partial charge in [-0.3, -0.25) is 9.59 Å². The van der Waals surface area contributed by atoms with E-state index < -0.39 is 5.97 Å². The molecule has 0 bridgehead atoms. The Morgan fingerprint density at radius 3 is 2.53 bits per heavy atom. The molecule has 0 aromatic heterocycles. The highest BCUT2D eigenvalue weighted by molar-refractivity contribution is 6.32. The Bertz CT molecular complexity index is 429. The normalized spacial score (nSPS) is 9.82. The second-order valence-electron chi connectivity index (χ2n) is 3.35. The average molecular weight is 257 g/mol. The van der Waals surface area contributed by atoms with Crippen molar-refractivity contribution in [2.45, 2.75) is 12.8 Å². The van der Waals surface area contributed by atoms with Gasteiger partial charge in [0, 0.05) is 12.0 Å². The summed E-state index contributed by atoms with van der Waals surface area (Å²) in [6.45, 7) is 0. The van der Waals surface area contributed by atoms with Crippen molar-refractivity contribution in [1.29, 1.82) is 0 Å². The molecular formula is C12H13ClO4. The molecular weight excluding hydrogens is 244 g/mol. The maximum absolute atomic E-state index is 11.7. The van der Waals surface area contributed by atoms with E-state index in [1.54, 1.807) is 18.2 Å². The minimum atomic E-state index is -0.403. The topological polar surface area (TPSA) is 52.6 Å². The highest BCUT2D eigenvalue weighted by Crippen LogP contribution is 2.25. The van der Waals surface area contributed by atoms with Crippen molar-refractivity contribution in [2.24, 2.45) is 0 Å². The molecule has 0 saturated heterocycles. The maximum atomic E-state index is 11.7. The van der Waals surface area contributed by atoms with Gasteiger partial charge in [0.1, 0.15) is 5.75 Å². The smallest absolute Gasteiger partial charge is 0.305 e. The predicted molar refractivity (Wildman–Crippen MR) is 63.6 cm³/mol. The third-order valence-corrected chi connectivity index (χ3v) is 2.57. The summed E-state index contributed by atoms with van der Waals surface area (Å²) in [6, 6.07) is 4.75. The monoisotopic (exact) mass is 256 g/mol. The number of carbonyl (C=O) groups excluding carboxylic acids is 2. The number of halogens is 1. The van der Waals surface area contributed by atoms with Crippen molar-refractivity contribution < 1.29 is 19.1 Å². The highest BCUT2D eigenvalue weighted by atomic mass is 35.5. The Morgan fingerprint density at radius 2 is 1.94 bits per heavy atom. The van der Waals surface area contributed by atoms with Crippen molar-refractivity contribution in [3.05, 3.63) is 28.8 Å². The summed E-state index contributed by atoms with van der Waals surface area (Å²) in [5.41, 5.74) is 0.468. The van der Waals surface area contributed by atoms with E-state index in [-0.39, 0.29) is 18.6 Å². The number of methoxy groups -OCH3 is 2. The fraction of sp³-hybridized carbons (Fsp3) is 0.333. The van der Waals surface area contributed by atoms with Crippen molar-refractivity contribution in [3.8, 4) is 5.75 Å². The highest BCUT2D eigenvalue weighted by Gasteiger charge is 2.11. The van der Waals surface area contributed by atoms with Crippen LogP contribution in [0.15, 0.2) is 18.2 Å². The summed E-state index contributed by atoms with van der Waals surface area (Å²) in [6.07, 6.45) is 0.178. The van der Waals surface area contributed by atoms with Gasteiger partial charge < -0.3 is 9.47 Å². The van der Waals surface area contributed by atoms with Gasteiger partial charge in [-0.1, -0.05) is 11.6 Å². The van der Waals surface area contributed by atoms with Gasteiger partial charge in [0.25, 0.3) is 0 Å². The van der Waals surface area contributed by atoms with Crippen molar-refractivity contribution in [1.82, 2.24) is 0 Å². The Hall–Kier alpha value is -1.55. The molecule has 0 fully saturated rings. The fourth-order valence-electron chi connectivity index (χ4n) is 1.30. The number of ketones is 1. The summed E-state index contributed by atoms with van der Waals surface area (Å²) in [5.74, 6) is -0.111. The summed E-state index contributed by atoms with van der Waals surface area (Å²) in [7, 11) is 2.77. The van der Waals surface area contributed by atoms with Crippen molar-refractivity contribution in [3.63, 3.8) is 0 Å². The standard InChI is InChI=1S/C12H13ClO4/c1-16-11-7-8(3-4-9(11)13)10(14)5-6-12(15)17-2/h3-4,7H,5-6H2,1-2H3. The Kier molecular flexibility index (Phi) is 4.97. The van der Waals surface area contributed by atoms with Gasteiger partial charge in [-0.05, 0) is 18.2 Å². The molecule has 0 saturated carbocycles. The number of esters is 1. The zero-order chi connectivity index (χ0) is 12.8. The van der Waals surface area contributed by atoms with Gasteiger partial charge in [-0.25, -0.2) is 0 Å². The molecule has 0 aliphatic heterocycles. The van der Waals surface area contributed by atoms with Gasteiger partial charge in [0.15, 0.2) is 5.78 Å². The van der Waals surface area contributed by atoms with Crippen LogP contribution in [0.25, 0.3) is 0 Å². The summed E-state index contributed by atoms with van der Waals surface area (Å²) >= 11 is 5.84. The largest absolute Gasteiger partial charge is 0.495 e. The molecule has 0 aliphatic carbocycles. The number of hydrogen-bond donors (Lipinski definition) is 0. The molecule has 0 atom stereocenters. The van der Waals surface area contributed by atoms with E-state index in [9.17, 15) is 9.59 Å². The molecule has 0 aliphatic rings. The SMILES string of the molecule is COC(=O)CCC(=O)c1ccc(Cl)c(OC)c1. The fourth-order valence-corrected chi connectivity index (χ4v) is 1.49. The number of Topliss-reactive ketones (excluding diaryl/α,β-unsaturated/α-hetero) is 1. The predicted octanol–water partition coefficient (Wildman–Crippen LogP) is 2.48. The first kappa shape index (κ1) is 13.5. The summed E-state index contributed by atoms with van der Waals surface area (Å²) < 4.78 is 9.47. The number of ether oxygens (including phenoxy) is 2. The quantitative estimate of drug-likeness (QED) is 0.600. The molecule has 0 spiro atoms. The van der Waals surface area contributed by atoms with E-state index in [0.29, 0.717) is 16.3 Å².